The van der Waals surface area contributed by atoms with Gasteiger partial charge in [0.15, 0.2) is 0 Å². The zero-order valence-electron chi connectivity index (χ0n) is 11.3. The van der Waals surface area contributed by atoms with E-state index in [1.165, 1.54) is 0 Å². The Morgan fingerprint density at radius 2 is 1.95 bits per heavy atom. The zero-order valence-corrected chi connectivity index (χ0v) is 12.2. The summed E-state index contributed by atoms with van der Waals surface area (Å²) in [5, 5.41) is 19.2. The first-order valence-corrected chi connectivity index (χ1v) is 7.60. The van der Waals surface area contributed by atoms with Crippen LogP contribution in [0.5, 0.6) is 0 Å². The first-order chi connectivity index (χ1) is 9.68. The standard InChI is InChI=1S/C10H20N3O7P/c1-7(12-11)3-2-6-20-21(18,19)13-8(10(16)17)4-5-9(14)15/h8,12H,1-6,11H2,(H,14,15)(H,16,17)(H2,13,18,19)/t8-/m0/s1. The van der Waals surface area contributed by atoms with E-state index in [9.17, 15) is 19.0 Å². The molecule has 0 radical (unpaired) electrons. The lowest BCUT2D eigenvalue weighted by atomic mass is 10.2. The van der Waals surface area contributed by atoms with Crippen LogP contribution in [0.3, 0.4) is 0 Å². The molecule has 0 bridgehead atoms. The molecule has 0 spiro atoms. The first-order valence-electron chi connectivity index (χ1n) is 6.02. The smallest absolute Gasteiger partial charge is 0.403 e. The minimum Gasteiger partial charge on any atom is -0.481 e. The van der Waals surface area contributed by atoms with Gasteiger partial charge in [0.2, 0.25) is 0 Å². The molecule has 10 nitrogen and oxygen atoms in total. The Bertz CT molecular complexity index is 429. The van der Waals surface area contributed by atoms with Crippen molar-refractivity contribution in [2.45, 2.75) is 31.7 Å². The lowest BCUT2D eigenvalue weighted by Crippen LogP contribution is -2.35. The van der Waals surface area contributed by atoms with Gasteiger partial charge in [0.1, 0.15) is 6.04 Å². The molecule has 0 fully saturated rings. The zero-order chi connectivity index (χ0) is 16.5. The molecule has 122 valence electrons. The molecule has 2 atom stereocenters. The average Bonchev–Trinajstić information content (AvgIpc) is 2.38. The maximum Gasteiger partial charge on any atom is 0.403 e. The Morgan fingerprint density at radius 3 is 2.43 bits per heavy atom. The summed E-state index contributed by atoms with van der Waals surface area (Å²) in [6.45, 7) is 3.43. The molecular weight excluding hydrogens is 305 g/mol. The lowest BCUT2D eigenvalue weighted by molar-refractivity contribution is -0.140. The van der Waals surface area contributed by atoms with Crippen molar-refractivity contribution in [3.63, 3.8) is 0 Å². The first kappa shape index (κ1) is 19.6. The summed E-state index contributed by atoms with van der Waals surface area (Å²) in [5.41, 5.74) is 2.82. The van der Waals surface area contributed by atoms with Crippen LogP contribution in [0.2, 0.25) is 0 Å². The summed E-state index contributed by atoms with van der Waals surface area (Å²) in [5.74, 6) is 2.44. The molecule has 0 amide bonds. The maximum absolute atomic E-state index is 11.6. The molecule has 7 N–H and O–H groups in total. The Morgan fingerprint density at radius 1 is 1.33 bits per heavy atom. The quantitative estimate of drug-likeness (QED) is 0.122. The van der Waals surface area contributed by atoms with Gasteiger partial charge in [0.05, 0.1) is 6.61 Å². The van der Waals surface area contributed by atoms with Gasteiger partial charge in [0, 0.05) is 12.1 Å². The van der Waals surface area contributed by atoms with Gasteiger partial charge < -0.3 is 20.5 Å². The van der Waals surface area contributed by atoms with Crippen molar-refractivity contribution in [1.29, 1.82) is 0 Å². The summed E-state index contributed by atoms with van der Waals surface area (Å²) < 4.78 is 16.3. The number of hydrogen-bond acceptors (Lipinski definition) is 6. The predicted octanol–water partition coefficient (Wildman–Crippen LogP) is -0.232. The van der Waals surface area contributed by atoms with Crippen molar-refractivity contribution in [2.24, 2.45) is 5.84 Å². The van der Waals surface area contributed by atoms with Crippen molar-refractivity contribution < 1.29 is 33.8 Å². The monoisotopic (exact) mass is 325 g/mol. The minimum absolute atomic E-state index is 0.118. The van der Waals surface area contributed by atoms with Gasteiger partial charge in [0.25, 0.3) is 0 Å². The normalized spacial score (nSPS) is 15.0. The molecule has 0 aliphatic rings. The van der Waals surface area contributed by atoms with Crippen LogP contribution >= 0.6 is 7.75 Å². The maximum atomic E-state index is 11.6. The predicted molar refractivity (Wildman–Crippen MR) is 72.9 cm³/mol. The molecule has 0 heterocycles. The average molecular weight is 325 g/mol. The van der Waals surface area contributed by atoms with E-state index >= 15 is 0 Å². The Labute approximate surface area is 121 Å². The number of allylic oxidation sites excluding steroid dienone is 1. The van der Waals surface area contributed by atoms with Crippen LogP contribution in [-0.2, 0) is 18.7 Å². The van der Waals surface area contributed by atoms with Gasteiger partial charge in [-0.05, 0) is 19.3 Å². The van der Waals surface area contributed by atoms with Crippen LogP contribution in [0, 0.1) is 0 Å². The van der Waals surface area contributed by atoms with E-state index in [4.69, 9.17) is 20.6 Å². The lowest BCUT2D eigenvalue weighted by Gasteiger charge is -2.18. The molecule has 21 heavy (non-hydrogen) atoms. The number of nitrogens with two attached hydrogens (primary N) is 1. The van der Waals surface area contributed by atoms with E-state index in [1.807, 2.05) is 5.09 Å². The molecule has 0 rings (SSSR count). The number of nitrogens with one attached hydrogen (secondary N) is 2. The molecule has 0 aliphatic carbocycles. The van der Waals surface area contributed by atoms with Gasteiger partial charge in [-0.1, -0.05) is 6.58 Å². The number of carboxylic acid groups (broad SMARTS) is 2. The van der Waals surface area contributed by atoms with Crippen molar-refractivity contribution >= 4 is 19.7 Å². The van der Waals surface area contributed by atoms with Crippen LogP contribution in [0.4, 0.5) is 0 Å². The number of hydrazine groups is 1. The summed E-state index contributed by atoms with van der Waals surface area (Å²) in [6.07, 6.45) is -0.0293. The van der Waals surface area contributed by atoms with Crippen molar-refractivity contribution in [2.75, 3.05) is 6.61 Å². The molecule has 0 saturated carbocycles. The van der Waals surface area contributed by atoms with E-state index in [2.05, 4.69) is 12.0 Å². The third kappa shape index (κ3) is 9.99. The van der Waals surface area contributed by atoms with Crippen LogP contribution < -0.4 is 16.4 Å². The number of carboxylic acids is 2. The molecule has 0 aromatic rings. The molecular formula is C10H20N3O7P. The van der Waals surface area contributed by atoms with Gasteiger partial charge in [-0.15, -0.1) is 0 Å². The fourth-order valence-corrected chi connectivity index (χ4v) is 2.38. The highest BCUT2D eigenvalue weighted by Gasteiger charge is 2.29. The highest BCUT2D eigenvalue weighted by molar-refractivity contribution is 7.50. The van der Waals surface area contributed by atoms with E-state index < -0.39 is 32.1 Å². The van der Waals surface area contributed by atoms with E-state index in [0.717, 1.165) is 0 Å². The fourth-order valence-electron chi connectivity index (χ4n) is 1.29. The molecule has 0 aromatic heterocycles. The van der Waals surface area contributed by atoms with Gasteiger partial charge in [-0.3, -0.25) is 20.0 Å². The molecule has 0 aromatic carbocycles. The highest BCUT2D eigenvalue weighted by atomic mass is 31.2. The molecule has 0 saturated heterocycles. The summed E-state index contributed by atoms with van der Waals surface area (Å²) in [6, 6.07) is -1.49. The number of rotatable bonds is 12. The van der Waals surface area contributed by atoms with E-state index in [1.54, 1.807) is 0 Å². The van der Waals surface area contributed by atoms with E-state index in [0.29, 0.717) is 18.5 Å². The van der Waals surface area contributed by atoms with Gasteiger partial charge >= 0.3 is 19.7 Å². The van der Waals surface area contributed by atoms with Crippen LogP contribution in [-0.4, -0.2) is 39.7 Å². The van der Waals surface area contributed by atoms with Crippen LogP contribution in [0.1, 0.15) is 25.7 Å². The summed E-state index contributed by atoms with van der Waals surface area (Å²) in [4.78, 5) is 30.7. The third-order valence-corrected chi connectivity index (χ3v) is 3.53. The van der Waals surface area contributed by atoms with Crippen molar-refractivity contribution in [3.8, 4) is 0 Å². The number of aliphatic carboxylic acids is 2. The second kappa shape index (κ2) is 9.48. The number of hydrogen-bond donors (Lipinski definition) is 6. The topological polar surface area (TPSA) is 171 Å². The van der Waals surface area contributed by atoms with Crippen molar-refractivity contribution in [3.05, 3.63) is 12.3 Å². The summed E-state index contributed by atoms with van der Waals surface area (Å²) >= 11 is 0. The molecule has 0 aliphatic heterocycles. The Kier molecular flexibility index (Phi) is 8.83. The number of carbonyl (C=O) groups is 2. The second-order valence-electron chi connectivity index (χ2n) is 4.16. The SMILES string of the molecule is C=C(CCCOP(=O)(O)N[C@@H](CCC(=O)O)C(=O)O)NN. The van der Waals surface area contributed by atoms with Gasteiger partial charge in [-0.2, -0.15) is 0 Å². The largest absolute Gasteiger partial charge is 0.481 e. The molecule has 11 heteroatoms. The Balaban J connectivity index is 4.27. The fraction of sp³-hybridized carbons (Fsp3) is 0.600. The van der Waals surface area contributed by atoms with Crippen molar-refractivity contribution in [1.82, 2.24) is 10.5 Å². The van der Waals surface area contributed by atoms with Crippen LogP contribution in [0.15, 0.2) is 12.3 Å². The third-order valence-electron chi connectivity index (χ3n) is 2.36. The van der Waals surface area contributed by atoms with E-state index in [-0.39, 0.29) is 13.0 Å². The highest BCUT2D eigenvalue weighted by Crippen LogP contribution is 2.38. The second-order valence-corrected chi connectivity index (χ2v) is 5.71. The van der Waals surface area contributed by atoms with Crippen LogP contribution in [0.25, 0.3) is 0 Å². The summed E-state index contributed by atoms with van der Waals surface area (Å²) in [7, 11) is -4.34. The van der Waals surface area contributed by atoms with Gasteiger partial charge in [-0.25, -0.2) is 9.65 Å². The Hall–Kier alpha value is -1.45. The minimum atomic E-state index is -4.34. The molecule has 1 unspecified atom stereocenters.